The molecule has 0 atom stereocenters. The Labute approximate surface area is 116 Å². The van der Waals surface area contributed by atoms with E-state index in [1.807, 2.05) is 18.3 Å². The van der Waals surface area contributed by atoms with Gasteiger partial charge in [0.1, 0.15) is 0 Å². The van der Waals surface area contributed by atoms with Gasteiger partial charge in [0, 0.05) is 17.6 Å². The van der Waals surface area contributed by atoms with Gasteiger partial charge in [0.15, 0.2) is 5.96 Å². The predicted molar refractivity (Wildman–Crippen MR) is 78.0 cm³/mol. The van der Waals surface area contributed by atoms with Crippen molar-refractivity contribution in [3.63, 3.8) is 0 Å². The van der Waals surface area contributed by atoms with E-state index in [-0.39, 0.29) is 18.4 Å². The lowest BCUT2D eigenvalue weighted by Gasteiger charge is -2.29. The first-order valence-corrected chi connectivity index (χ1v) is 6.12. The summed E-state index contributed by atoms with van der Waals surface area (Å²) in [6, 6.07) is 8.19. The molecule has 4 N–H and O–H groups in total. The summed E-state index contributed by atoms with van der Waals surface area (Å²) in [4.78, 5) is 4.02. The van der Waals surface area contributed by atoms with Crippen LogP contribution in [0.2, 0.25) is 0 Å². The number of nitrogens with zero attached hydrogens (tertiary/aromatic N) is 1. The number of nitrogens with one attached hydrogen (secondary N) is 2. The highest BCUT2D eigenvalue weighted by Crippen LogP contribution is 2.42. The predicted octanol–water partition coefficient (Wildman–Crippen LogP) is 2.56. The van der Waals surface area contributed by atoms with Crippen LogP contribution in [0.15, 0.2) is 52.0 Å². The Balaban J connectivity index is 0.00000120. The molecule has 6 heteroatoms. The molecule has 3 rings (SSSR count). The van der Waals surface area contributed by atoms with Crippen LogP contribution in [0, 0.1) is 5.41 Å². The highest BCUT2D eigenvalue weighted by atomic mass is 35.5. The SMILES string of the molecule is Cl.N=C(N)N1C=C2Sc3ccccc3NC2=CC1. The van der Waals surface area contributed by atoms with Gasteiger partial charge in [-0.25, -0.2) is 0 Å². The van der Waals surface area contributed by atoms with Gasteiger partial charge in [0.2, 0.25) is 0 Å². The number of rotatable bonds is 0. The van der Waals surface area contributed by atoms with Gasteiger partial charge in [-0.2, -0.15) is 0 Å². The quantitative estimate of drug-likeness (QED) is 0.505. The molecule has 0 unspecified atom stereocenters. The fraction of sp³-hybridized carbons (Fsp3) is 0.0833. The Morgan fingerprint density at radius 1 is 1.39 bits per heavy atom. The number of hydrogen-bond donors (Lipinski definition) is 3. The van der Waals surface area contributed by atoms with Crippen molar-refractivity contribution >= 4 is 35.8 Å². The monoisotopic (exact) mass is 280 g/mol. The van der Waals surface area contributed by atoms with Crippen LogP contribution in [0.1, 0.15) is 0 Å². The first-order valence-electron chi connectivity index (χ1n) is 5.31. The Bertz CT molecular complexity index is 553. The third kappa shape index (κ3) is 2.19. The summed E-state index contributed by atoms with van der Waals surface area (Å²) in [7, 11) is 0. The minimum Gasteiger partial charge on any atom is -0.370 e. The van der Waals surface area contributed by atoms with E-state index in [4.69, 9.17) is 11.1 Å². The number of guanidine groups is 1. The van der Waals surface area contributed by atoms with Crippen molar-refractivity contribution in [3.8, 4) is 0 Å². The third-order valence-corrected chi connectivity index (χ3v) is 3.84. The molecule has 2 aliphatic rings. The largest absolute Gasteiger partial charge is 0.370 e. The molecule has 1 aromatic rings. The van der Waals surface area contributed by atoms with E-state index in [2.05, 4.69) is 23.5 Å². The molecule has 0 aliphatic carbocycles. The fourth-order valence-electron chi connectivity index (χ4n) is 1.84. The highest BCUT2D eigenvalue weighted by molar-refractivity contribution is 8.03. The zero-order valence-corrected chi connectivity index (χ0v) is 11.1. The van der Waals surface area contributed by atoms with Crippen molar-refractivity contribution in [2.24, 2.45) is 5.73 Å². The maximum Gasteiger partial charge on any atom is 0.192 e. The summed E-state index contributed by atoms with van der Waals surface area (Å²) in [6.07, 6.45) is 3.98. The molecule has 94 valence electrons. The van der Waals surface area contributed by atoms with Crippen LogP contribution in [0.25, 0.3) is 0 Å². The fourth-order valence-corrected chi connectivity index (χ4v) is 2.88. The molecule has 0 amide bonds. The van der Waals surface area contributed by atoms with E-state index in [1.165, 1.54) is 4.90 Å². The molecule has 1 aromatic carbocycles. The number of thioether (sulfide) groups is 1. The van der Waals surface area contributed by atoms with E-state index < -0.39 is 0 Å². The van der Waals surface area contributed by atoms with E-state index >= 15 is 0 Å². The summed E-state index contributed by atoms with van der Waals surface area (Å²) in [5.74, 6) is 0.0762. The third-order valence-electron chi connectivity index (χ3n) is 2.72. The molecule has 0 bridgehead atoms. The average Bonchev–Trinajstić information content (AvgIpc) is 2.35. The first-order chi connectivity index (χ1) is 8.24. The van der Waals surface area contributed by atoms with E-state index in [1.54, 1.807) is 16.7 Å². The Kier molecular flexibility index (Phi) is 3.54. The first kappa shape index (κ1) is 12.9. The summed E-state index contributed by atoms with van der Waals surface area (Å²) >= 11 is 1.70. The van der Waals surface area contributed by atoms with Crippen molar-refractivity contribution in [2.45, 2.75) is 4.90 Å². The Morgan fingerprint density at radius 3 is 2.94 bits per heavy atom. The number of nitrogens with two attached hydrogens (primary N) is 1. The van der Waals surface area contributed by atoms with Gasteiger partial charge in [-0.15, -0.1) is 12.4 Å². The molecular formula is C12H13ClN4S. The topological polar surface area (TPSA) is 65.1 Å². The van der Waals surface area contributed by atoms with E-state index in [0.717, 1.165) is 16.3 Å². The summed E-state index contributed by atoms with van der Waals surface area (Å²) in [5, 5.41) is 10.8. The van der Waals surface area contributed by atoms with Crippen molar-refractivity contribution in [1.82, 2.24) is 4.90 Å². The van der Waals surface area contributed by atoms with Crippen LogP contribution in [0.5, 0.6) is 0 Å². The maximum atomic E-state index is 7.44. The number of fused-ring (bicyclic) bond motifs is 2. The summed E-state index contributed by atoms with van der Waals surface area (Å²) in [6.45, 7) is 0.643. The second-order valence-electron chi connectivity index (χ2n) is 3.87. The number of halogens is 1. The average molecular weight is 281 g/mol. The number of anilines is 1. The normalized spacial score (nSPS) is 16.3. The van der Waals surface area contributed by atoms with Crippen molar-refractivity contribution in [1.29, 1.82) is 5.41 Å². The van der Waals surface area contributed by atoms with Crippen LogP contribution in [-0.4, -0.2) is 17.4 Å². The molecule has 2 heterocycles. The van der Waals surface area contributed by atoms with Gasteiger partial charge < -0.3 is 16.0 Å². The van der Waals surface area contributed by atoms with Crippen LogP contribution in [0.3, 0.4) is 0 Å². The lowest BCUT2D eigenvalue weighted by atomic mass is 10.2. The molecule has 0 saturated carbocycles. The van der Waals surface area contributed by atoms with Crippen LogP contribution in [-0.2, 0) is 0 Å². The highest BCUT2D eigenvalue weighted by Gasteiger charge is 2.21. The van der Waals surface area contributed by atoms with E-state index in [0.29, 0.717) is 6.54 Å². The number of benzene rings is 1. The zero-order chi connectivity index (χ0) is 11.8. The molecular weight excluding hydrogens is 268 g/mol. The molecule has 0 radical (unpaired) electrons. The molecule has 0 aromatic heterocycles. The molecule has 0 spiro atoms. The minimum absolute atomic E-state index is 0. The lowest BCUT2D eigenvalue weighted by Crippen LogP contribution is -2.34. The zero-order valence-electron chi connectivity index (χ0n) is 9.51. The Hall–Kier alpha value is -1.59. The number of para-hydroxylation sites is 1. The van der Waals surface area contributed by atoms with Gasteiger partial charge in [-0.1, -0.05) is 23.9 Å². The number of hydrogen-bond acceptors (Lipinski definition) is 3. The molecule has 0 saturated heterocycles. The smallest absolute Gasteiger partial charge is 0.192 e. The molecule has 18 heavy (non-hydrogen) atoms. The van der Waals surface area contributed by atoms with Gasteiger partial charge in [0.05, 0.1) is 16.3 Å². The van der Waals surface area contributed by atoms with Crippen LogP contribution >= 0.6 is 24.2 Å². The summed E-state index contributed by atoms with van der Waals surface area (Å²) in [5.41, 5.74) is 7.73. The van der Waals surface area contributed by atoms with Gasteiger partial charge in [-0.05, 0) is 18.2 Å². The van der Waals surface area contributed by atoms with Gasteiger partial charge >= 0.3 is 0 Å². The standard InChI is InChI=1S/C12H12N4S.ClH/c13-12(14)16-6-5-9-11(7-16)17-10-4-2-1-3-8(10)15-9;/h1-5,7,15H,6H2,(H3,13,14);1H. The lowest BCUT2D eigenvalue weighted by molar-refractivity contribution is 0.598. The van der Waals surface area contributed by atoms with Gasteiger partial charge in [-0.3, -0.25) is 5.41 Å². The second kappa shape index (κ2) is 4.96. The van der Waals surface area contributed by atoms with Crippen molar-refractivity contribution in [3.05, 3.63) is 47.1 Å². The molecule has 4 nitrogen and oxygen atoms in total. The minimum atomic E-state index is 0. The van der Waals surface area contributed by atoms with Crippen molar-refractivity contribution in [2.75, 3.05) is 11.9 Å². The van der Waals surface area contributed by atoms with Gasteiger partial charge in [0.25, 0.3) is 0 Å². The van der Waals surface area contributed by atoms with Crippen molar-refractivity contribution < 1.29 is 0 Å². The molecule has 2 aliphatic heterocycles. The maximum absolute atomic E-state index is 7.44. The van der Waals surface area contributed by atoms with E-state index in [9.17, 15) is 0 Å². The van der Waals surface area contributed by atoms with Crippen LogP contribution < -0.4 is 11.1 Å². The Morgan fingerprint density at radius 2 is 2.17 bits per heavy atom. The summed E-state index contributed by atoms with van der Waals surface area (Å²) < 4.78 is 0. The molecule has 0 fully saturated rings. The van der Waals surface area contributed by atoms with Crippen LogP contribution in [0.4, 0.5) is 5.69 Å². The second-order valence-corrected chi connectivity index (χ2v) is 4.96.